The summed E-state index contributed by atoms with van der Waals surface area (Å²) < 4.78 is 7.84. The lowest BCUT2D eigenvalue weighted by Gasteiger charge is -2.26. The van der Waals surface area contributed by atoms with Crippen LogP contribution in [-0.4, -0.2) is 38.8 Å². The minimum Gasteiger partial charge on any atom is -0.491 e. The zero-order valence-corrected chi connectivity index (χ0v) is 13.1. The normalized spacial score (nSPS) is 17.8. The first-order valence-electron chi connectivity index (χ1n) is 7.93. The van der Waals surface area contributed by atoms with Crippen LogP contribution >= 0.6 is 0 Å². The number of aromatic nitrogens is 4. The molecule has 2 aromatic heterocycles. The first kappa shape index (κ1) is 14.0. The highest BCUT2D eigenvalue weighted by atomic mass is 16.5. The van der Waals surface area contributed by atoms with Crippen molar-refractivity contribution in [2.24, 2.45) is 0 Å². The van der Waals surface area contributed by atoms with E-state index in [-0.39, 0.29) is 0 Å². The zero-order chi connectivity index (χ0) is 15.6. The number of nitrogens with zero attached hydrogens (tertiary/aromatic N) is 5. The summed E-state index contributed by atoms with van der Waals surface area (Å²) in [5, 5.41) is 8.10. The Morgan fingerprint density at radius 1 is 1.26 bits per heavy atom. The standard InChI is InChI=1S/C17H19N5O/c1-13-19-16(10-17-20-18-12-22(13)17)21-9-5-6-14(21)11-23-15-7-3-2-4-8-15/h2-4,7-8,10,12,14H,5-6,9,11H2,1H3/t14-/m0/s1. The van der Waals surface area contributed by atoms with E-state index in [1.54, 1.807) is 6.33 Å². The molecule has 6 heteroatoms. The van der Waals surface area contributed by atoms with E-state index >= 15 is 0 Å². The fourth-order valence-electron chi connectivity index (χ4n) is 3.13. The van der Waals surface area contributed by atoms with Crippen molar-refractivity contribution in [1.82, 2.24) is 19.6 Å². The molecule has 0 amide bonds. The van der Waals surface area contributed by atoms with Gasteiger partial charge in [0.15, 0.2) is 5.65 Å². The Morgan fingerprint density at radius 2 is 2.13 bits per heavy atom. The van der Waals surface area contributed by atoms with Crippen LogP contribution in [-0.2, 0) is 0 Å². The predicted molar refractivity (Wildman–Crippen MR) is 87.8 cm³/mol. The molecular weight excluding hydrogens is 290 g/mol. The van der Waals surface area contributed by atoms with Gasteiger partial charge < -0.3 is 9.64 Å². The number of ether oxygens (including phenoxy) is 1. The summed E-state index contributed by atoms with van der Waals surface area (Å²) in [4.78, 5) is 7.04. The lowest BCUT2D eigenvalue weighted by atomic mass is 10.2. The monoisotopic (exact) mass is 309 g/mol. The molecule has 1 atom stereocenters. The SMILES string of the molecule is Cc1nc(N2CCC[C@H]2COc2ccccc2)cc2nncn12. The number of anilines is 1. The first-order chi connectivity index (χ1) is 11.3. The number of benzene rings is 1. The summed E-state index contributed by atoms with van der Waals surface area (Å²) in [6, 6.07) is 12.3. The second-order valence-corrected chi connectivity index (χ2v) is 5.83. The molecule has 3 aromatic rings. The Kier molecular flexibility index (Phi) is 3.57. The van der Waals surface area contributed by atoms with E-state index in [1.807, 2.05) is 47.7 Å². The third-order valence-corrected chi connectivity index (χ3v) is 4.31. The van der Waals surface area contributed by atoms with Crippen molar-refractivity contribution in [1.29, 1.82) is 0 Å². The third kappa shape index (κ3) is 2.72. The van der Waals surface area contributed by atoms with Gasteiger partial charge in [0.1, 0.15) is 30.3 Å². The van der Waals surface area contributed by atoms with Gasteiger partial charge in [-0.1, -0.05) is 18.2 Å². The van der Waals surface area contributed by atoms with Crippen molar-refractivity contribution in [3.05, 3.63) is 48.5 Å². The summed E-state index contributed by atoms with van der Waals surface area (Å²) in [6.07, 6.45) is 3.97. The number of para-hydroxylation sites is 1. The van der Waals surface area contributed by atoms with Gasteiger partial charge in [0.25, 0.3) is 0 Å². The van der Waals surface area contributed by atoms with Crippen molar-refractivity contribution < 1.29 is 4.74 Å². The van der Waals surface area contributed by atoms with Gasteiger partial charge in [-0.2, -0.15) is 0 Å². The fourth-order valence-corrected chi connectivity index (χ4v) is 3.13. The number of fused-ring (bicyclic) bond motifs is 1. The Morgan fingerprint density at radius 3 is 3.00 bits per heavy atom. The van der Waals surface area contributed by atoms with Gasteiger partial charge >= 0.3 is 0 Å². The van der Waals surface area contributed by atoms with Crippen LogP contribution < -0.4 is 9.64 Å². The van der Waals surface area contributed by atoms with Crippen LogP contribution in [0.4, 0.5) is 5.82 Å². The molecule has 1 aliphatic rings. The molecular formula is C17H19N5O. The molecule has 0 saturated carbocycles. The zero-order valence-electron chi connectivity index (χ0n) is 13.1. The van der Waals surface area contributed by atoms with Gasteiger partial charge in [-0.15, -0.1) is 10.2 Å². The van der Waals surface area contributed by atoms with Gasteiger partial charge in [0.05, 0.1) is 6.04 Å². The smallest absolute Gasteiger partial charge is 0.165 e. The van der Waals surface area contributed by atoms with Crippen molar-refractivity contribution >= 4 is 11.5 Å². The minimum atomic E-state index is 0.340. The molecule has 3 heterocycles. The van der Waals surface area contributed by atoms with E-state index in [2.05, 4.69) is 15.1 Å². The number of hydrogen-bond donors (Lipinski definition) is 0. The number of hydrogen-bond acceptors (Lipinski definition) is 5. The highest BCUT2D eigenvalue weighted by molar-refractivity contribution is 5.52. The summed E-state index contributed by atoms with van der Waals surface area (Å²) in [5.74, 6) is 2.77. The summed E-state index contributed by atoms with van der Waals surface area (Å²) >= 11 is 0. The van der Waals surface area contributed by atoms with Gasteiger partial charge in [-0.25, -0.2) is 4.98 Å². The maximum atomic E-state index is 5.94. The van der Waals surface area contributed by atoms with Crippen molar-refractivity contribution in [2.45, 2.75) is 25.8 Å². The van der Waals surface area contributed by atoms with E-state index < -0.39 is 0 Å². The van der Waals surface area contributed by atoms with Gasteiger partial charge in [-0.05, 0) is 31.9 Å². The van der Waals surface area contributed by atoms with E-state index in [4.69, 9.17) is 9.72 Å². The van der Waals surface area contributed by atoms with Gasteiger partial charge in [0, 0.05) is 12.6 Å². The lowest BCUT2D eigenvalue weighted by Crippen LogP contribution is -2.35. The fraction of sp³-hybridized carbons (Fsp3) is 0.353. The Hall–Kier alpha value is -2.63. The molecule has 1 aromatic carbocycles. The van der Waals surface area contributed by atoms with E-state index in [9.17, 15) is 0 Å². The van der Waals surface area contributed by atoms with E-state index in [0.717, 1.165) is 42.4 Å². The van der Waals surface area contributed by atoms with Crippen LogP contribution in [0.15, 0.2) is 42.7 Å². The van der Waals surface area contributed by atoms with Crippen molar-refractivity contribution in [3.63, 3.8) is 0 Å². The molecule has 1 saturated heterocycles. The second kappa shape index (κ2) is 5.87. The first-order valence-corrected chi connectivity index (χ1v) is 7.93. The van der Waals surface area contributed by atoms with Crippen LogP contribution in [0.1, 0.15) is 18.7 Å². The molecule has 1 aliphatic heterocycles. The summed E-state index contributed by atoms with van der Waals surface area (Å²) in [7, 11) is 0. The largest absolute Gasteiger partial charge is 0.491 e. The van der Waals surface area contributed by atoms with Crippen LogP contribution in [0.3, 0.4) is 0 Å². The average Bonchev–Trinajstić information content (AvgIpc) is 3.23. The Bertz CT molecular complexity index is 801. The summed E-state index contributed by atoms with van der Waals surface area (Å²) in [6.45, 7) is 3.65. The molecule has 0 aliphatic carbocycles. The second-order valence-electron chi connectivity index (χ2n) is 5.83. The maximum absolute atomic E-state index is 5.94. The van der Waals surface area contributed by atoms with Crippen molar-refractivity contribution in [3.8, 4) is 5.75 Å². The highest BCUT2D eigenvalue weighted by Gasteiger charge is 2.27. The molecule has 118 valence electrons. The summed E-state index contributed by atoms with van der Waals surface area (Å²) in [5.41, 5.74) is 0.835. The van der Waals surface area contributed by atoms with Crippen LogP contribution in [0.5, 0.6) is 5.75 Å². The molecule has 23 heavy (non-hydrogen) atoms. The van der Waals surface area contributed by atoms with Gasteiger partial charge in [0.2, 0.25) is 0 Å². The quantitative estimate of drug-likeness (QED) is 0.741. The molecule has 0 radical (unpaired) electrons. The predicted octanol–water partition coefficient (Wildman–Crippen LogP) is 2.48. The molecule has 4 rings (SSSR count). The van der Waals surface area contributed by atoms with Crippen LogP contribution in [0.2, 0.25) is 0 Å². The number of aryl methyl sites for hydroxylation is 1. The Balaban J connectivity index is 1.54. The molecule has 0 bridgehead atoms. The molecule has 0 spiro atoms. The lowest BCUT2D eigenvalue weighted by molar-refractivity contribution is 0.288. The number of rotatable bonds is 4. The highest BCUT2D eigenvalue weighted by Crippen LogP contribution is 2.25. The average molecular weight is 309 g/mol. The van der Waals surface area contributed by atoms with Gasteiger partial charge in [-0.3, -0.25) is 4.40 Å². The van der Waals surface area contributed by atoms with E-state index in [1.165, 1.54) is 0 Å². The molecule has 6 nitrogen and oxygen atoms in total. The minimum absolute atomic E-state index is 0.340. The van der Waals surface area contributed by atoms with E-state index in [0.29, 0.717) is 12.6 Å². The van der Waals surface area contributed by atoms with Crippen LogP contribution in [0.25, 0.3) is 5.65 Å². The molecule has 1 fully saturated rings. The maximum Gasteiger partial charge on any atom is 0.165 e. The molecule has 0 unspecified atom stereocenters. The van der Waals surface area contributed by atoms with Crippen LogP contribution in [0, 0.1) is 6.92 Å². The topological polar surface area (TPSA) is 55.5 Å². The third-order valence-electron chi connectivity index (χ3n) is 4.31. The molecule has 0 N–H and O–H groups in total. The Labute approximate surface area is 134 Å². The van der Waals surface area contributed by atoms with Crippen molar-refractivity contribution in [2.75, 3.05) is 18.1 Å².